The Balaban J connectivity index is 2.18. The lowest BCUT2D eigenvalue weighted by Gasteiger charge is -2.45. The number of aliphatic hydroxyl groups is 2. The molecule has 0 heterocycles. The molecule has 20 heavy (non-hydrogen) atoms. The van der Waals surface area contributed by atoms with Crippen LogP contribution in [0.3, 0.4) is 0 Å². The molecular weight excluding hydrogens is 256 g/mol. The largest absolute Gasteiger partial charge is 0.496 e. The van der Waals surface area contributed by atoms with Crippen LogP contribution < -0.4 is 4.74 Å². The van der Waals surface area contributed by atoms with Gasteiger partial charge in [0.15, 0.2) is 5.60 Å². The number of rotatable bonds is 1. The summed E-state index contributed by atoms with van der Waals surface area (Å²) >= 11 is 0. The third-order valence-corrected chi connectivity index (χ3v) is 4.82. The van der Waals surface area contributed by atoms with E-state index in [0.717, 1.165) is 24.8 Å². The average Bonchev–Trinajstić information content (AvgIpc) is 2.58. The fraction of sp³-hybridized carbons (Fsp3) is 0.562. The van der Waals surface area contributed by atoms with E-state index in [0.29, 0.717) is 30.6 Å². The van der Waals surface area contributed by atoms with Crippen LogP contribution in [0.4, 0.5) is 0 Å². The predicted molar refractivity (Wildman–Crippen MR) is 74.0 cm³/mol. The lowest BCUT2D eigenvalue weighted by molar-refractivity contribution is -0.132. The standard InChI is InChI=1S/C16H20O4/c1-20-12-7-5-6-11-10-15(18)8-3-2-4-9-16(15,19)14(17)13(11)12/h5-7,18-19H,2-4,8-10H2,1H3/t15-,16+/m0/s1. The van der Waals surface area contributed by atoms with Crippen LogP contribution in [0, 0.1) is 0 Å². The second-order valence-corrected chi connectivity index (χ2v) is 5.95. The Bertz CT molecular complexity index is 553. The molecule has 1 fully saturated rings. The number of ketones is 1. The van der Waals surface area contributed by atoms with Gasteiger partial charge in [0.05, 0.1) is 12.7 Å². The third kappa shape index (κ3) is 1.71. The molecule has 1 aromatic carbocycles. The Kier molecular flexibility index (Phi) is 3.10. The molecule has 3 rings (SSSR count). The van der Waals surface area contributed by atoms with E-state index in [1.165, 1.54) is 7.11 Å². The lowest BCUT2D eigenvalue weighted by Crippen LogP contribution is -2.62. The molecule has 2 atom stereocenters. The molecule has 2 N–H and O–H groups in total. The van der Waals surface area contributed by atoms with Crippen LogP contribution >= 0.6 is 0 Å². The van der Waals surface area contributed by atoms with E-state index in [9.17, 15) is 15.0 Å². The number of Topliss-reactive ketones (excluding diaryl/α,β-unsaturated/α-hetero) is 1. The average molecular weight is 276 g/mol. The molecule has 4 heteroatoms. The van der Waals surface area contributed by atoms with Crippen molar-refractivity contribution in [3.8, 4) is 5.75 Å². The quantitative estimate of drug-likeness (QED) is 0.821. The molecule has 0 amide bonds. The van der Waals surface area contributed by atoms with E-state index in [2.05, 4.69) is 0 Å². The summed E-state index contributed by atoms with van der Waals surface area (Å²) in [5.74, 6) is 0.0906. The number of ether oxygens (including phenoxy) is 1. The highest BCUT2D eigenvalue weighted by Crippen LogP contribution is 2.46. The first-order valence-corrected chi connectivity index (χ1v) is 7.17. The van der Waals surface area contributed by atoms with Crippen molar-refractivity contribution in [2.24, 2.45) is 0 Å². The first-order valence-electron chi connectivity index (χ1n) is 7.17. The number of carbonyl (C=O) groups is 1. The van der Waals surface area contributed by atoms with Crippen LogP contribution in [0.15, 0.2) is 18.2 Å². The van der Waals surface area contributed by atoms with Gasteiger partial charge in [0.2, 0.25) is 5.78 Å². The van der Waals surface area contributed by atoms with Gasteiger partial charge in [-0.1, -0.05) is 25.0 Å². The number of fused-ring (bicyclic) bond motifs is 2. The van der Waals surface area contributed by atoms with Crippen LogP contribution in [0.25, 0.3) is 0 Å². The molecule has 1 aromatic rings. The lowest BCUT2D eigenvalue weighted by atomic mass is 9.66. The normalized spacial score (nSPS) is 33.0. The number of hydrogen-bond acceptors (Lipinski definition) is 4. The topological polar surface area (TPSA) is 66.8 Å². The zero-order valence-electron chi connectivity index (χ0n) is 11.7. The van der Waals surface area contributed by atoms with Gasteiger partial charge in [0, 0.05) is 6.42 Å². The molecule has 1 saturated carbocycles. The Morgan fingerprint density at radius 1 is 1.15 bits per heavy atom. The summed E-state index contributed by atoms with van der Waals surface area (Å²) in [6.07, 6.45) is 3.62. The first kappa shape index (κ1) is 13.6. The minimum Gasteiger partial charge on any atom is -0.496 e. The highest BCUT2D eigenvalue weighted by Gasteiger charge is 2.58. The van der Waals surface area contributed by atoms with Crippen molar-refractivity contribution < 1.29 is 19.7 Å². The summed E-state index contributed by atoms with van der Waals surface area (Å²) in [6, 6.07) is 5.37. The zero-order valence-corrected chi connectivity index (χ0v) is 11.7. The number of carbonyl (C=O) groups excluding carboxylic acids is 1. The summed E-state index contributed by atoms with van der Waals surface area (Å²) in [4.78, 5) is 12.8. The molecule has 0 saturated heterocycles. The molecule has 0 aliphatic heterocycles. The summed E-state index contributed by atoms with van der Waals surface area (Å²) in [5, 5.41) is 21.8. The van der Waals surface area contributed by atoms with Gasteiger partial charge in [-0.3, -0.25) is 4.79 Å². The van der Waals surface area contributed by atoms with Crippen molar-refractivity contribution in [3.05, 3.63) is 29.3 Å². The van der Waals surface area contributed by atoms with Crippen molar-refractivity contribution in [3.63, 3.8) is 0 Å². The Hall–Kier alpha value is -1.39. The maximum atomic E-state index is 12.8. The van der Waals surface area contributed by atoms with Crippen molar-refractivity contribution in [1.82, 2.24) is 0 Å². The smallest absolute Gasteiger partial charge is 0.201 e. The van der Waals surface area contributed by atoms with Gasteiger partial charge in [-0.15, -0.1) is 0 Å². The van der Waals surface area contributed by atoms with Crippen molar-refractivity contribution >= 4 is 5.78 Å². The van der Waals surface area contributed by atoms with E-state index in [-0.39, 0.29) is 5.78 Å². The maximum absolute atomic E-state index is 12.8. The molecule has 0 aromatic heterocycles. The molecule has 0 unspecified atom stereocenters. The molecule has 4 nitrogen and oxygen atoms in total. The van der Waals surface area contributed by atoms with Gasteiger partial charge in [-0.05, 0) is 30.9 Å². The van der Waals surface area contributed by atoms with Crippen LogP contribution in [0.1, 0.15) is 48.0 Å². The van der Waals surface area contributed by atoms with Gasteiger partial charge in [0.1, 0.15) is 11.4 Å². The van der Waals surface area contributed by atoms with Crippen molar-refractivity contribution in [2.75, 3.05) is 7.11 Å². The summed E-state index contributed by atoms with van der Waals surface area (Å²) in [6.45, 7) is 0. The molecule has 2 aliphatic carbocycles. The van der Waals surface area contributed by atoms with Crippen LogP contribution in [0.5, 0.6) is 5.75 Å². The number of methoxy groups -OCH3 is 1. The fourth-order valence-corrected chi connectivity index (χ4v) is 3.65. The minimum atomic E-state index is -1.68. The SMILES string of the molecule is COc1cccc2c1C(=O)[C@]1(O)CCCCC[C@]1(O)C2. The molecular formula is C16H20O4. The Morgan fingerprint density at radius 2 is 1.90 bits per heavy atom. The van der Waals surface area contributed by atoms with E-state index in [4.69, 9.17) is 4.74 Å². The van der Waals surface area contributed by atoms with Gasteiger partial charge < -0.3 is 14.9 Å². The number of hydrogen-bond donors (Lipinski definition) is 2. The van der Waals surface area contributed by atoms with E-state index >= 15 is 0 Å². The highest BCUT2D eigenvalue weighted by molar-refractivity contribution is 6.07. The molecule has 2 aliphatic rings. The molecule has 108 valence electrons. The minimum absolute atomic E-state index is 0.307. The Morgan fingerprint density at radius 3 is 2.65 bits per heavy atom. The fourth-order valence-electron chi connectivity index (χ4n) is 3.65. The summed E-state index contributed by atoms with van der Waals surface area (Å²) < 4.78 is 5.26. The van der Waals surface area contributed by atoms with E-state index in [1.807, 2.05) is 12.1 Å². The van der Waals surface area contributed by atoms with Gasteiger partial charge in [-0.25, -0.2) is 0 Å². The third-order valence-electron chi connectivity index (χ3n) is 4.82. The maximum Gasteiger partial charge on any atom is 0.201 e. The van der Waals surface area contributed by atoms with E-state index in [1.54, 1.807) is 6.07 Å². The second-order valence-electron chi connectivity index (χ2n) is 5.95. The zero-order chi connectivity index (χ0) is 14.4. The Labute approximate surface area is 118 Å². The first-order chi connectivity index (χ1) is 9.52. The number of benzene rings is 1. The second kappa shape index (κ2) is 4.57. The van der Waals surface area contributed by atoms with Crippen LogP contribution in [-0.4, -0.2) is 34.3 Å². The van der Waals surface area contributed by atoms with Crippen LogP contribution in [-0.2, 0) is 6.42 Å². The monoisotopic (exact) mass is 276 g/mol. The van der Waals surface area contributed by atoms with Crippen molar-refractivity contribution in [2.45, 2.75) is 49.7 Å². The summed E-state index contributed by atoms with van der Waals surface area (Å²) in [5.41, 5.74) is -1.82. The van der Waals surface area contributed by atoms with Crippen LogP contribution in [0.2, 0.25) is 0 Å². The van der Waals surface area contributed by atoms with Gasteiger partial charge in [-0.2, -0.15) is 0 Å². The highest BCUT2D eigenvalue weighted by atomic mass is 16.5. The van der Waals surface area contributed by atoms with Gasteiger partial charge >= 0.3 is 0 Å². The molecule has 0 bridgehead atoms. The molecule has 0 spiro atoms. The summed E-state index contributed by atoms with van der Waals surface area (Å²) in [7, 11) is 1.51. The van der Waals surface area contributed by atoms with Gasteiger partial charge in [0.25, 0.3) is 0 Å². The predicted octanol–water partition coefficient (Wildman–Crippen LogP) is 1.86. The van der Waals surface area contributed by atoms with E-state index < -0.39 is 11.2 Å². The van der Waals surface area contributed by atoms with Crippen molar-refractivity contribution in [1.29, 1.82) is 0 Å². The molecule has 0 radical (unpaired) electrons.